The third-order valence-electron chi connectivity index (χ3n) is 13.3. The van der Waals surface area contributed by atoms with Crippen LogP contribution in [0.5, 0.6) is 0 Å². The third-order valence-corrected chi connectivity index (χ3v) is 16.8. The highest BCUT2D eigenvalue weighted by Crippen LogP contribution is 2.47. The second-order valence-corrected chi connectivity index (χ2v) is 23.3. The Kier molecular flexibility index (Phi) is 10.7. The van der Waals surface area contributed by atoms with Crippen molar-refractivity contribution >= 4 is 53.9 Å². The van der Waals surface area contributed by atoms with Gasteiger partial charge in [0.2, 0.25) is 5.91 Å². The number of benzene rings is 4. The molecule has 0 atom stereocenters. The maximum absolute atomic E-state index is 18.4. The number of alkyl carbamates (subject to hydrolysis) is 1. The molecule has 342 valence electrons. The van der Waals surface area contributed by atoms with Crippen LogP contribution in [0.3, 0.4) is 0 Å². The van der Waals surface area contributed by atoms with Gasteiger partial charge in [-0.05, 0) is 84.1 Å². The van der Waals surface area contributed by atoms with Gasteiger partial charge in [-0.1, -0.05) is 66.8 Å². The van der Waals surface area contributed by atoms with Crippen LogP contribution in [-0.2, 0) is 16.1 Å². The smallest absolute Gasteiger partial charge is 0.407 e. The van der Waals surface area contributed by atoms with E-state index in [9.17, 15) is 19.5 Å². The average molecular weight is 924 g/mol. The highest BCUT2D eigenvalue weighted by atomic mass is 28.3. The number of rotatable bonds is 7. The summed E-state index contributed by atoms with van der Waals surface area (Å²) in [4.78, 5) is 43.7. The first-order chi connectivity index (χ1) is 32.0. The van der Waals surface area contributed by atoms with Crippen LogP contribution in [0.25, 0.3) is 33.8 Å². The summed E-state index contributed by atoms with van der Waals surface area (Å²) in [5, 5.41) is 26.4. The van der Waals surface area contributed by atoms with E-state index in [0.717, 1.165) is 65.5 Å². The third kappa shape index (κ3) is 7.37. The fraction of sp³-hybridized carbons (Fsp3) is 0.294. The zero-order valence-electron chi connectivity index (χ0n) is 37.8. The monoisotopic (exact) mass is 923 g/mol. The predicted octanol–water partition coefficient (Wildman–Crippen LogP) is 6.98. The molecule has 16 heteroatoms. The first-order valence-electron chi connectivity index (χ1n) is 22.5. The van der Waals surface area contributed by atoms with E-state index in [1.54, 1.807) is 69.3 Å². The molecular weight excluding hydrogens is 876 g/mol. The molecule has 4 aliphatic heterocycles. The molecule has 2 fully saturated rings. The first-order valence-corrected chi connectivity index (χ1v) is 25.5. The molecule has 1 N–H and O–H groups in total. The van der Waals surface area contributed by atoms with Gasteiger partial charge in [0.25, 0.3) is 0 Å². The van der Waals surface area contributed by atoms with Crippen LogP contribution in [0.4, 0.5) is 29.3 Å². The summed E-state index contributed by atoms with van der Waals surface area (Å²) in [6.45, 7) is 13.1. The molecule has 2 saturated heterocycles. The Hall–Kier alpha value is -7.07. The maximum atomic E-state index is 18.4. The van der Waals surface area contributed by atoms with Crippen LogP contribution < -0.4 is 25.4 Å². The van der Waals surface area contributed by atoms with Gasteiger partial charge < -0.3 is 29.8 Å². The van der Waals surface area contributed by atoms with Crippen molar-refractivity contribution < 1.29 is 42.0 Å². The summed E-state index contributed by atoms with van der Waals surface area (Å²) in [7, 11) is -2.65. The van der Waals surface area contributed by atoms with Gasteiger partial charge in [-0.3, -0.25) is 4.79 Å². The number of carboxylic acids is 1. The van der Waals surface area contributed by atoms with Gasteiger partial charge >= 0.3 is 6.09 Å². The van der Waals surface area contributed by atoms with Crippen LogP contribution in [-0.4, -0.2) is 89.6 Å². The van der Waals surface area contributed by atoms with E-state index < -0.39 is 65.9 Å². The van der Waals surface area contributed by atoms with Gasteiger partial charge in [0, 0.05) is 66.1 Å². The number of carbonyl (C=O) groups excluding carboxylic acids is 3. The fourth-order valence-electron chi connectivity index (χ4n) is 9.76. The quantitative estimate of drug-likeness (QED) is 0.105. The van der Waals surface area contributed by atoms with Crippen molar-refractivity contribution in [2.24, 2.45) is 0 Å². The molecule has 0 saturated carbocycles. The van der Waals surface area contributed by atoms with Crippen molar-refractivity contribution in [3.63, 3.8) is 0 Å². The highest BCUT2D eigenvalue weighted by molar-refractivity contribution is 6.98. The number of para-hydroxylation sites is 1. The van der Waals surface area contributed by atoms with Crippen molar-refractivity contribution in [2.75, 3.05) is 42.5 Å². The molecule has 0 bridgehead atoms. The maximum Gasteiger partial charge on any atom is 0.407 e. The molecule has 0 spiro atoms. The number of fused-ring (bicyclic) bond motifs is 7. The molecule has 12 nitrogen and oxygen atoms in total. The SMILES string of the molecule is CC(C)(C)OC(=O)NCCC(=O)N1Cc2ccccc2-c2nnn(-c3c(F)c(F)c(C(=O)[O-])c(C4=C5C=CC(=[N+]6CCC6)C=C5[Si](C)(C)c5cc(N6CCC6)ccc54)c3F)c2-c2ccccc21. The number of hydrogen-bond acceptors (Lipinski definition) is 8. The van der Waals surface area contributed by atoms with Gasteiger partial charge in [0.1, 0.15) is 43.8 Å². The van der Waals surface area contributed by atoms with Gasteiger partial charge in [0.05, 0.1) is 24.6 Å². The molecule has 67 heavy (non-hydrogen) atoms. The number of nitrogens with one attached hydrogen (secondary N) is 1. The minimum absolute atomic E-state index is 0.0261. The van der Waals surface area contributed by atoms with Crippen LogP contribution in [0, 0.1) is 17.5 Å². The lowest BCUT2D eigenvalue weighted by atomic mass is 9.86. The molecule has 1 aromatic heterocycles. The Balaban J connectivity index is 1.19. The number of aromatic nitrogens is 3. The topological polar surface area (TPSA) is 136 Å². The van der Waals surface area contributed by atoms with E-state index in [0.29, 0.717) is 28.0 Å². The zero-order chi connectivity index (χ0) is 47.1. The lowest BCUT2D eigenvalue weighted by Gasteiger charge is -2.40. The number of allylic oxidation sites excluding steroid dienone is 5. The lowest BCUT2D eigenvalue weighted by Crippen LogP contribution is -2.50. The summed E-state index contributed by atoms with van der Waals surface area (Å²) in [6, 6.07) is 19.6. The molecule has 10 rings (SSSR count). The van der Waals surface area contributed by atoms with Crippen molar-refractivity contribution in [3.8, 4) is 28.2 Å². The van der Waals surface area contributed by atoms with E-state index in [1.165, 1.54) is 4.90 Å². The van der Waals surface area contributed by atoms with E-state index in [-0.39, 0.29) is 42.0 Å². The molecule has 5 heterocycles. The van der Waals surface area contributed by atoms with Gasteiger partial charge in [-0.15, -0.1) is 5.10 Å². The van der Waals surface area contributed by atoms with E-state index in [4.69, 9.17) is 4.74 Å². The normalized spacial score (nSPS) is 16.9. The van der Waals surface area contributed by atoms with Gasteiger partial charge in [-0.2, -0.15) is 0 Å². The molecule has 0 unspecified atom stereocenters. The van der Waals surface area contributed by atoms with Crippen molar-refractivity contribution in [2.45, 2.75) is 65.3 Å². The zero-order valence-corrected chi connectivity index (χ0v) is 38.8. The molecular formula is C51H48F3N7O5Si. The highest BCUT2D eigenvalue weighted by Gasteiger charge is 2.44. The number of nitrogens with zero attached hydrogens (tertiary/aromatic N) is 6. The average Bonchev–Trinajstić information content (AvgIpc) is 3.66. The fourth-order valence-corrected chi connectivity index (χ4v) is 12.8. The largest absolute Gasteiger partial charge is 0.545 e. The summed E-state index contributed by atoms with van der Waals surface area (Å²) in [5.41, 5.74) is 1.35. The Morgan fingerprint density at radius 2 is 1.63 bits per heavy atom. The van der Waals surface area contributed by atoms with Gasteiger partial charge in [0.15, 0.2) is 23.2 Å². The molecule has 5 aromatic rings. The Labute approximate surface area is 386 Å². The van der Waals surface area contributed by atoms with Crippen LogP contribution >= 0.6 is 0 Å². The Bertz CT molecular complexity index is 3100. The molecule has 0 radical (unpaired) electrons. The Morgan fingerprint density at radius 3 is 2.31 bits per heavy atom. The van der Waals surface area contributed by atoms with Crippen LogP contribution in [0.1, 0.15) is 67.1 Å². The standard InChI is InChI=1S/C51H48F3N7O5Si/c1-51(2,3)66-50(65)55-21-20-39(62)60-28-29-12-6-7-13-32(29)46-47(33-14-8-9-15-36(33)60)61(57-56-46)48-44(53)41(42(49(63)64)43(52)45(48)54)40-34-18-16-30(58-22-10-23-58)26-37(34)67(4,5)38-27-31(17-19-35(38)40)59-24-11-25-59/h6-9,12-19,26-27H,10-11,20-25,28H2,1-5H3,(H-,55,63,64,65). The Morgan fingerprint density at radius 1 is 0.896 bits per heavy atom. The van der Waals surface area contributed by atoms with Crippen LogP contribution in [0.2, 0.25) is 13.1 Å². The first kappa shape index (κ1) is 43.8. The number of carboxylic acid groups (broad SMARTS) is 1. The minimum Gasteiger partial charge on any atom is -0.545 e. The number of amides is 2. The number of aromatic carboxylic acids is 1. The van der Waals surface area contributed by atoms with Crippen molar-refractivity contribution in [1.82, 2.24) is 20.3 Å². The number of hydrogen-bond donors (Lipinski definition) is 1. The summed E-state index contributed by atoms with van der Waals surface area (Å²) < 4.78 is 61.0. The summed E-state index contributed by atoms with van der Waals surface area (Å²) in [5.74, 6) is -7.50. The van der Waals surface area contributed by atoms with Crippen LogP contribution in [0.15, 0.2) is 95.7 Å². The second kappa shape index (κ2) is 16.4. The number of ether oxygens (including phenoxy) is 1. The van der Waals surface area contributed by atoms with Crippen molar-refractivity contribution in [3.05, 3.63) is 135 Å². The second-order valence-electron chi connectivity index (χ2n) is 19.0. The molecule has 2 amide bonds. The van der Waals surface area contributed by atoms with E-state index in [2.05, 4.69) is 50.3 Å². The van der Waals surface area contributed by atoms with E-state index in [1.807, 2.05) is 24.3 Å². The molecule has 5 aliphatic rings. The number of anilines is 2. The van der Waals surface area contributed by atoms with Gasteiger partial charge in [-0.25, -0.2) is 27.2 Å². The molecule has 1 aliphatic carbocycles. The summed E-state index contributed by atoms with van der Waals surface area (Å²) in [6.07, 6.45) is 7.10. The number of carbonyl (C=O) groups is 3. The predicted molar refractivity (Wildman–Crippen MR) is 250 cm³/mol. The van der Waals surface area contributed by atoms with Crippen molar-refractivity contribution in [1.29, 1.82) is 0 Å². The number of halogens is 3. The lowest BCUT2D eigenvalue weighted by molar-refractivity contribution is -0.582. The molecule has 4 aromatic carbocycles. The van der Waals surface area contributed by atoms with E-state index >= 15 is 13.2 Å². The summed E-state index contributed by atoms with van der Waals surface area (Å²) >= 11 is 0. The minimum atomic E-state index is -2.65.